The summed E-state index contributed by atoms with van der Waals surface area (Å²) < 4.78 is 6.73. The normalized spacial score (nSPS) is 13.4. The molecular weight excluding hydrogens is 176 g/mol. The van der Waals surface area contributed by atoms with Crippen LogP contribution in [0.2, 0.25) is 0 Å². The Bertz CT molecular complexity index is 225. The summed E-state index contributed by atoms with van der Waals surface area (Å²) >= 11 is 0. The van der Waals surface area contributed by atoms with E-state index in [2.05, 4.69) is 17.9 Å². The smallest absolute Gasteiger partial charge is 0.0518 e. The van der Waals surface area contributed by atoms with Crippen LogP contribution in [0.3, 0.4) is 0 Å². The number of aryl methyl sites for hydroxylation is 2. The fourth-order valence-electron chi connectivity index (χ4n) is 1.05. The van der Waals surface area contributed by atoms with Crippen molar-refractivity contribution in [3.05, 3.63) is 18.0 Å². The Balaban J connectivity index is 0.000000213. The van der Waals surface area contributed by atoms with Crippen LogP contribution in [0.5, 0.6) is 0 Å². The predicted molar refractivity (Wildman–Crippen MR) is 57.9 cm³/mol. The van der Waals surface area contributed by atoms with Crippen molar-refractivity contribution in [1.29, 1.82) is 0 Å². The zero-order valence-electron chi connectivity index (χ0n) is 8.94. The minimum atomic E-state index is 1.00. The number of terminal acetylenes is 1. The summed E-state index contributed by atoms with van der Waals surface area (Å²) in [5.41, 5.74) is 1.21. The molecule has 0 aromatic carbocycles. The zero-order valence-corrected chi connectivity index (χ0v) is 8.94. The van der Waals surface area contributed by atoms with Crippen LogP contribution in [-0.4, -0.2) is 23.0 Å². The molecule has 0 bridgehead atoms. The van der Waals surface area contributed by atoms with E-state index in [1.165, 1.54) is 18.4 Å². The molecule has 0 atom stereocenters. The highest BCUT2D eigenvalue weighted by Gasteiger charge is 1.94. The second kappa shape index (κ2) is 8.33. The first-order valence-electron chi connectivity index (χ1n) is 4.65. The molecule has 0 spiro atoms. The van der Waals surface area contributed by atoms with Gasteiger partial charge in [0.15, 0.2) is 0 Å². The van der Waals surface area contributed by atoms with Gasteiger partial charge < -0.3 is 4.74 Å². The SMILES string of the molecule is C#C.C1CCOC1.Cc1cnn(C)c1. The standard InChI is InChI=1S/C5H8N2.C4H8O.C2H2/c1-5-3-6-7(2)4-5;1-2-4-5-3-1;1-2/h3-4H,1-2H3;1-4H2;1-2H. The third-order valence-corrected chi connectivity index (χ3v) is 1.66. The second-order valence-electron chi connectivity index (χ2n) is 3.01. The van der Waals surface area contributed by atoms with Crippen molar-refractivity contribution >= 4 is 0 Å². The lowest BCUT2D eigenvalue weighted by Gasteiger charge is -1.78. The van der Waals surface area contributed by atoms with Crippen molar-refractivity contribution in [3.8, 4) is 12.8 Å². The molecule has 0 aliphatic carbocycles. The van der Waals surface area contributed by atoms with E-state index in [4.69, 9.17) is 4.74 Å². The maximum absolute atomic E-state index is 4.94. The van der Waals surface area contributed by atoms with Crippen molar-refractivity contribution in [2.24, 2.45) is 7.05 Å². The third kappa shape index (κ3) is 6.27. The van der Waals surface area contributed by atoms with E-state index in [1.807, 2.05) is 26.4 Å². The summed E-state index contributed by atoms with van der Waals surface area (Å²) in [6.45, 7) is 4.02. The summed E-state index contributed by atoms with van der Waals surface area (Å²) in [6.07, 6.45) is 14.4. The summed E-state index contributed by atoms with van der Waals surface area (Å²) in [7, 11) is 1.91. The molecule has 1 aliphatic rings. The largest absolute Gasteiger partial charge is 0.381 e. The first kappa shape index (κ1) is 12.7. The molecule has 0 amide bonds. The van der Waals surface area contributed by atoms with Gasteiger partial charge in [-0.3, -0.25) is 4.68 Å². The van der Waals surface area contributed by atoms with Crippen molar-refractivity contribution in [1.82, 2.24) is 9.78 Å². The van der Waals surface area contributed by atoms with Crippen LogP contribution in [0, 0.1) is 19.8 Å². The first-order chi connectivity index (χ1) is 6.79. The molecular formula is C11H18N2O. The average molecular weight is 194 g/mol. The molecule has 3 heteroatoms. The molecule has 14 heavy (non-hydrogen) atoms. The van der Waals surface area contributed by atoms with Crippen molar-refractivity contribution in [2.45, 2.75) is 19.8 Å². The second-order valence-corrected chi connectivity index (χ2v) is 3.01. The number of aromatic nitrogens is 2. The zero-order chi connectivity index (χ0) is 10.8. The maximum atomic E-state index is 4.94. The Morgan fingerprint density at radius 2 is 1.93 bits per heavy atom. The average Bonchev–Trinajstić information content (AvgIpc) is 2.84. The van der Waals surface area contributed by atoms with Gasteiger partial charge in [-0.05, 0) is 25.3 Å². The van der Waals surface area contributed by atoms with Gasteiger partial charge in [0, 0.05) is 26.5 Å². The fourth-order valence-corrected chi connectivity index (χ4v) is 1.05. The van der Waals surface area contributed by atoms with Crippen molar-refractivity contribution in [3.63, 3.8) is 0 Å². The highest BCUT2D eigenvalue weighted by molar-refractivity contribution is 4.98. The number of nitrogens with zero attached hydrogens (tertiary/aromatic N) is 2. The van der Waals surface area contributed by atoms with Gasteiger partial charge >= 0.3 is 0 Å². The van der Waals surface area contributed by atoms with Crippen LogP contribution < -0.4 is 0 Å². The molecule has 1 fully saturated rings. The van der Waals surface area contributed by atoms with E-state index in [0.717, 1.165) is 13.2 Å². The molecule has 1 aromatic heterocycles. The van der Waals surface area contributed by atoms with Gasteiger partial charge in [0.1, 0.15) is 0 Å². The Hall–Kier alpha value is -1.27. The summed E-state index contributed by atoms with van der Waals surface area (Å²) in [5, 5.41) is 3.93. The summed E-state index contributed by atoms with van der Waals surface area (Å²) in [4.78, 5) is 0. The van der Waals surface area contributed by atoms with Crippen LogP contribution in [0.15, 0.2) is 12.4 Å². The lowest BCUT2D eigenvalue weighted by atomic mass is 10.4. The Morgan fingerprint density at radius 3 is 2.07 bits per heavy atom. The van der Waals surface area contributed by atoms with E-state index in [1.54, 1.807) is 4.68 Å². The molecule has 78 valence electrons. The topological polar surface area (TPSA) is 27.1 Å². The lowest BCUT2D eigenvalue weighted by Crippen LogP contribution is -1.83. The molecule has 1 aromatic rings. The van der Waals surface area contributed by atoms with Gasteiger partial charge in [0.2, 0.25) is 0 Å². The van der Waals surface area contributed by atoms with Gasteiger partial charge in [-0.25, -0.2) is 0 Å². The van der Waals surface area contributed by atoms with Crippen molar-refractivity contribution in [2.75, 3.05) is 13.2 Å². The van der Waals surface area contributed by atoms with E-state index >= 15 is 0 Å². The van der Waals surface area contributed by atoms with Crippen LogP contribution in [0.1, 0.15) is 18.4 Å². The predicted octanol–water partition coefficient (Wildman–Crippen LogP) is 1.77. The van der Waals surface area contributed by atoms with Gasteiger partial charge in [-0.15, -0.1) is 12.8 Å². The first-order valence-corrected chi connectivity index (χ1v) is 4.65. The van der Waals surface area contributed by atoms with Gasteiger partial charge in [0.05, 0.1) is 6.20 Å². The molecule has 0 saturated carbocycles. The summed E-state index contributed by atoms with van der Waals surface area (Å²) in [6, 6.07) is 0. The van der Waals surface area contributed by atoms with Gasteiger partial charge in [0.25, 0.3) is 0 Å². The highest BCUT2D eigenvalue weighted by atomic mass is 16.5. The minimum absolute atomic E-state index is 1.00. The number of rotatable bonds is 0. The van der Waals surface area contributed by atoms with E-state index < -0.39 is 0 Å². The lowest BCUT2D eigenvalue weighted by molar-refractivity contribution is 0.198. The van der Waals surface area contributed by atoms with Crippen LogP contribution in [0.4, 0.5) is 0 Å². The quantitative estimate of drug-likeness (QED) is 0.589. The van der Waals surface area contributed by atoms with E-state index in [-0.39, 0.29) is 0 Å². The molecule has 1 saturated heterocycles. The number of ether oxygens (including phenoxy) is 1. The van der Waals surface area contributed by atoms with E-state index in [0.29, 0.717) is 0 Å². The van der Waals surface area contributed by atoms with Gasteiger partial charge in [-0.1, -0.05) is 0 Å². The number of hydrogen-bond donors (Lipinski definition) is 0. The van der Waals surface area contributed by atoms with Crippen LogP contribution >= 0.6 is 0 Å². The van der Waals surface area contributed by atoms with Gasteiger partial charge in [-0.2, -0.15) is 5.10 Å². The Labute approximate surface area is 86.1 Å². The summed E-state index contributed by atoms with van der Waals surface area (Å²) in [5.74, 6) is 0. The van der Waals surface area contributed by atoms with Crippen molar-refractivity contribution < 1.29 is 4.74 Å². The molecule has 0 N–H and O–H groups in total. The monoisotopic (exact) mass is 194 g/mol. The molecule has 0 unspecified atom stereocenters. The molecule has 1 aliphatic heterocycles. The van der Waals surface area contributed by atoms with Crippen LogP contribution in [-0.2, 0) is 11.8 Å². The molecule has 3 nitrogen and oxygen atoms in total. The Morgan fingerprint density at radius 1 is 1.36 bits per heavy atom. The fraction of sp³-hybridized carbons (Fsp3) is 0.545. The minimum Gasteiger partial charge on any atom is -0.381 e. The number of hydrogen-bond acceptors (Lipinski definition) is 2. The van der Waals surface area contributed by atoms with E-state index in [9.17, 15) is 0 Å². The third-order valence-electron chi connectivity index (χ3n) is 1.66. The molecule has 0 radical (unpaired) electrons. The maximum Gasteiger partial charge on any atom is 0.0518 e. The molecule has 2 heterocycles. The molecule has 2 rings (SSSR count). The van der Waals surface area contributed by atoms with Crippen LogP contribution in [0.25, 0.3) is 0 Å². The Kier molecular flexibility index (Phi) is 7.58. The highest BCUT2D eigenvalue weighted by Crippen LogP contribution is 1.98.